The molecule has 0 amide bonds. The highest BCUT2D eigenvalue weighted by molar-refractivity contribution is 4.82. The summed E-state index contributed by atoms with van der Waals surface area (Å²) in [5, 5.41) is 0. The van der Waals surface area contributed by atoms with Gasteiger partial charge in [0.2, 0.25) is 0 Å². The molecule has 2 nitrogen and oxygen atoms in total. The van der Waals surface area contributed by atoms with Crippen LogP contribution in [0.4, 0.5) is 0 Å². The van der Waals surface area contributed by atoms with Gasteiger partial charge in [0.05, 0.1) is 6.10 Å². The molecule has 0 saturated heterocycles. The van der Waals surface area contributed by atoms with Crippen LogP contribution in [0.5, 0.6) is 0 Å². The maximum atomic E-state index is 5.52. The van der Waals surface area contributed by atoms with E-state index in [4.69, 9.17) is 10.5 Å². The molecule has 0 atom stereocenters. The number of hydrogen-bond donors (Lipinski definition) is 1. The Balaban J connectivity index is 1.98. The standard InChI is InChI=1S/C6H13NO/c1-2-8-6-3-5(7)4-6/h5-6H,2-4,7H2,1H3. The molecule has 1 rings (SSSR count). The Hall–Kier alpha value is -0.0800. The van der Waals surface area contributed by atoms with Crippen LogP contribution in [-0.2, 0) is 4.74 Å². The van der Waals surface area contributed by atoms with Crippen LogP contribution >= 0.6 is 0 Å². The predicted molar refractivity (Wildman–Crippen MR) is 32.6 cm³/mol. The molecule has 1 aliphatic carbocycles. The molecule has 0 aromatic rings. The monoisotopic (exact) mass is 115 g/mol. The molecule has 0 aromatic heterocycles. The fraction of sp³-hybridized carbons (Fsp3) is 1.00. The van der Waals surface area contributed by atoms with Crippen LogP contribution in [0.15, 0.2) is 0 Å². The summed E-state index contributed by atoms with van der Waals surface area (Å²) in [7, 11) is 0. The Kier molecular flexibility index (Phi) is 1.86. The van der Waals surface area contributed by atoms with E-state index in [0.717, 1.165) is 19.4 Å². The number of rotatable bonds is 2. The van der Waals surface area contributed by atoms with Gasteiger partial charge in [-0.15, -0.1) is 0 Å². The highest BCUT2D eigenvalue weighted by Crippen LogP contribution is 2.20. The topological polar surface area (TPSA) is 35.2 Å². The second-order valence-electron chi connectivity index (χ2n) is 2.31. The highest BCUT2D eigenvalue weighted by Gasteiger charge is 2.25. The average Bonchev–Trinajstić information content (AvgIpc) is 1.64. The van der Waals surface area contributed by atoms with Crippen molar-refractivity contribution in [2.45, 2.75) is 31.9 Å². The molecular weight excluding hydrogens is 102 g/mol. The van der Waals surface area contributed by atoms with Crippen molar-refractivity contribution in [2.75, 3.05) is 6.61 Å². The molecule has 0 aliphatic heterocycles. The van der Waals surface area contributed by atoms with Crippen LogP contribution in [0, 0.1) is 0 Å². The summed E-state index contributed by atoms with van der Waals surface area (Å²) in [6.07, 6.45) is 2.61. The Bertz CT molecular complexity index is 66.2. The van der Waals surface area contributed by atoms with Gasteiger partial charge < -0.3 is 10.5 Å². The number of hydrogen-bond acceptors (Lipinski definition) is 2. The van der Waals surface area contributed by atoms with E-state index in [1.165, 1.54) is 0 Å². The minimum Gasteiger partial charge on any atom is -0.378 e. The van der Waals surface area contributed by atoms with Crippen molar-refractivity contribution in [3.8, 4) is 0 Å². The zero-order valence-corrected chi connectivity index (χ0v) is 5.26. The second kappa shape index (κ2) is 2.46. The third-order valence-corrected chi connectivity index (χ3v) is 1.53. The summed E-state index contributed by atoms with van der Waals surface area (Å²) in [5.41, 5.74) is 5.52. The van der Waals surface area contributed by atoms with Crippen molar-refractivity contribution < 1.29 is 4.74 Å². The molecule has 1 aliphatic rings. The van der Waals surface area contributed by atoms with Gasteiger partial charge in [0, 0.05) is 12.6 Å². The largest absolute Gasteiger partial charge is 0.378 e. The van der Waals surface area contributed by atoms with Crippen molar-refractivity contribution in [1.82, 2.24) is 0 Å². The first-order chi connectivity index (χ1) is 3.83. The third kappa shape index (κ3) is 1.20. The summed E-state index contributed by atoms with van der Waals surface area (Å²) in [6, 6.07) is 0.423. The first kappa shape index (κ1) is 6.05. The summed E-state index contributed by atoms with van der Waals surface area (Å²) in [4.78, 5) is 0. The molecule has 0 spiro atoms. The predicted octanol–water partition coefficient (Wildman–Crippen LogP) is 0.513. The van der Waals surface area contributed by atoms with Crippen molar-refractivity contribution in [1.29, 1.82) is 0 Å². The van der Waals surface area contributed by atoms with Crippen LogP contribution < -0.4 is 5.73 Å². The number of ether oxygens (including phenoxy) is 1. The van der Waals surface area contributed by atoms with Crippen LogP contribution in [-0.4, -0.2) is 18.8 Å². The smallest absolute Gasteiger partial charge is 0.0604 e. The van der Waals surface area contributed by atoms with Gasteiger partial charge >= 0.3 is 0 Å². The minimum atomic E-state index is 0.423. The lowest BCUT2D eigenvalue weighted by Gasteiger charge is -2.31. The lowest BCUT2D eigenvalue weighted by Crippen LogP contribution is -2.41. The van der Waals surface area contributed by atoms with Crippen LogP contribution in [0.2, 0.25) is 0 Å². The maximum absolute atomic E-state index is 5.52. The summed E-state index contributed by atoms with van der Waals surface area (Å²) in [6.45, 7) is 2.85. The molecule has 8 heavy (non-hydrogen) atoms. The maximum Gasteiger partial charge on any atom is 0.0604 e. The Labute approximate surface area is 50.0 Å². The van der Waals surface area contributed by atoms with Gasteiger partial charge in [0.15, 0.2) is 0 Å². The zero-order chi connectivity index (χ0) is 5.98. The van der Waals surface area contributed by atoms with E-state index in [1.807, 2.05) is 6.92 Å². The van der Waals surface area contributed by atoms with Gasteiger partial charge in [-0.25, -0.2) is 0 Å². The van der Waals surface area contributed by atoms with Gasteiger partial charge in [-0.1, -0.05) is 0 Å². The first-order valence-corrected chi connectivity index (χ1v) is 3.20. The van der Waals surface area contributed by atoms with Crippen LogP contribution in [0.25, 0.3) is 0 Å². The van der Waals surface area contributed by atoms with Crippen LogP contribution in [0.3, 0.4) is 0 Å². The van der Waals surface area contributed by atoms with Crippen molar-refractivity contribution in [3.63, 3.8) is 0 Å². The van der Waals surface area contributed by atoms with E-state index in [1.54, 1.807) is 0 Å². The Morgan fingerprint density at radius 2 is 2.25 bits per heavy atom. The molecular formula is C6H13NO. The van der Waals surface area contributed by atoms with E-state index in [9.17, 15) is 0 Å². The molecule has 0 unspecified atom stereocenters. The van der Waals surface area contributed by atoms with Gasteiger partial charge in [-0.05, 0) is 19.8 Å². The molecule has 48 valence electrons. The molecule has 2 heteroatoms. The highest BCUT2D eigenvalue weighted by atomic mass is 16.5. The SMILES string of the molecule is CCOC1CC(N)C1. The normalized spacial score (nSPS) is 36.8. The third-order valence-electron chi connectivity index (χ3n) is 1.53. The van der Waals surface area contributed by atoms with E-state index < -0.39 is 0 Å². The minimum absolute atomic E-state index is 0.423. The molecule has 0 aromatic carbocycles. The molecule has 0 heterocycles. The fourth-order valence-corrected chi connectivity index (χ4v) is 0.978. The zero-order valence-electron chi connectivity index (χ0n) is 5.26. The molecule has 0 radical (unpaired) electrons. The van der Waals surface area contributed by atoms with E-state index in [-0.39, 0.29) is 0 Å². The molecule has 1 fully saturated rings. The quantitative estimate of drug-likeness (QED) is 0.569. The number of nitrogens with two attached hydrogens (primary N) is 1. The molecule has 0 bridgehead atoms. The lowest BCUT2D eigenvalue weighted by molar-refractivity contribution is -0.00122. The second-order valence-corrected chi connectivity index (χ2v) is 2.31. The molecule has 1 saturated carbocycles. The summed E-state index contributed by atoms with van der Waals surface area (Å²) >= 11 is 0. The van der Waals surface area contributed by atoms with E-state index in [2.05, 4.69) is 0 Å². The summed E-state index contributed by atoms with van der Waals surface area (Å²) < 4.78 is 5.27. The molecule has 2 N–H and O–H groups in total. The van der Waals surface area contributed by atoms with Gasteiger partial charge in [0.25, 0.3) is 0 Å². The van der Waals surface area contributed by atoms with Crippen LogP contribution in [0.1, 0.15) is 19.8 Å². The van der Waals surface area contributed by atoms with Gasteiger partial charge in [-0.2, -0.15) is 0 Å². The van der Waals surface area contributed by atoms with E-state index in [0.29, 0.717) is 12.1 Å². The van der Waals surface area contributed by atoms with Crippen molar-refractivity contribution in [2.24, 2.45) is 5.73 Å². The first-order valence-electron chi connectivity index (χ1n) is 3.20. The fourth-order valence-electron chi connectivity index (χ4n) is 0.978. The van der Waals surface area contributed by atoms with E-state index >= 15 is 0 Å². The van der Waals surface area contributed by atoms with Gasteiger partial charge in [0.1, 0.15) is 0 Å². The van der Waals surface area contributed by atoms with Crippen molar-refractivity contribution in [3.05, 3.63) is 0 Å². The Morgan fingerprint density at radius 3 is 2.62 bits per heavy atom. The van der Waals surface area contributed by atoms with Crippen molar-refractivity contribution >= 4 is 0 Å². The average molecular weight is 115 g/mol. The lowest BCUT2D eigenvalue weighted by atomic mass is 9.90. The van der Waals surface area contributed by atoms with Gasteiger partial charge in [-0.3, -0.25) is 0 Å². The Morgan fingerprint density at radius 1 is 1.62 bits per heavy atom. The summed E-state index contributed by atoms with van der Waals surface area (Å²) in [5.74, 6) is 0.